The van der Waals surface area contributed by atoms with E-state index in [-0.39, 0.29) is 11.8 Å². The molecule has 0 aromatic rings. The van der Waals surface area contributed by atoms with Crippen LogP contribution in [0.3, 0.4) is 0 Å². The van der Waals surface area contributed by atoms with Gasteiger partial charge >= 0.3 is 0 Å². The number of carbonyl (C=O) groups excluding carboxylic acids is 2. The zero-order valence-electron chi connectivity index (χ0n) is 11.5. The Bertz CT molecular complexity index is 329. The fourth-order valence-corrected chi connectivity index (χ4v) is 2.53. The molecule has 0 aromatic heterocycles. The van der Waals surface area contributed by atoms with Gasteiger partial charge in [-0.2, -0.15) is 0 Å². The van der Waals surface area contributed by atoms with Crippen molar-refractivity contribution in [3.8, 4) is 0 Å². The molecule has 0 bridgehead atoms. The average Bonchev–Trinajstić information content (AvgIpc) is 2.96. The fraction of sp³-hybridized carbons (Fsp3) is 0.857. The van der Waals surface area contributed by atoms with Crippen LogP contribution in [0.25, 0.3) is 0 Å². The number of rotatable bonds is 5. The van der Waals surface area contributed by atoms with Gasteiger partial charge in [-0.25, -0.2) is 0 Å². The molecule has 0 aromatic carbocycles. The van der Waals surface area contributed by atoms with Crippen LogP contribution in [-0.2, 0) is 9.59 Å². The summed E-state index contributed by atoms with van der Waals surface area (Å²) in [5.74, 6) is 0.608. The Kier molecular flexibility index (Phi) is 3.93. The van der Waals surface area contributed by atoms with Gasteiger partial charge in [0.05, 0.1) is 0 Å². The number of nitrogens with zero attached hydrogens (tertiary/aromatic N) is 1. The molecule has 0 spiro atoms. The second-order valence-electron chi connectivity index (χ2n) is 6.02. The minimum atomic E-state index is -0.693. The summed E-state index contributed by atoms with van der Waals surface area (Å²) >= 11 is 0. The molecule has 0 unspecified atom stereocenters. The third kappa shape index (κ3) is 2.68. The number of hydrogen-bond donors (Lipinski definition) is 1. The Balaban J connectivity index is 1.86. The molecule has 1 aliphatic heterocycles. The van der Waals surface area contributed by atoms with Crippen molar-refractivity contribution in [2.24, 2.45) is 11.3 Å². The third-order valence-corrected chi connectivity index (χ3v) is 3.99. The van der Waals surface area contributed by atoms with E-state index in [1.807, 2.05) is 4.90 Å². The van der Waals surface area contributed by atoms with Crippen LogP contribution in [0.4, 0.5) is 0 Å². The third-order valence-electron chi connectivity index (χ3n) is 3.99. The number of amides is 2. The first kappa shape index (κ1) is 13.4. The van der Waals surface area contributed by atoms with Crippen molar-refractivity contribution in [3.63, 3.8) is 0 Å². The van der Waals surface area contributed by atoms with Crippen molar-refractivity contribution in [2.75, 3.05) is 19.6 Å². The highest BCUT2D eigenvalue weighted by Gasteiger charge is 2.57. The van der Waals surface area contributed by atoms with Crippen LogP contribution in [-0.4, -0.2) is 36.3 Å². The Hall–Kier alpha value is -1.06. The van der Waals surface area contributed by atoms with E-state index in [0.717, 1.165) is 45.2 Å². The smallest absolute Gasteiger partial charge is 0.238 e. The van der Waals surface area contributed by atoms with Gasteiger partial charge in [-0.1, -0.05) is 13.8 Å². The topological polar surface area (TPSA) is 49.4 Å². The van der Waals surface area contributed by atoms with E-state index < -0.39 is 5.41 Å². The molecule has 2 rings (SSSR count). The van der Waals surface area contributed by atoms with Gasteiger partial charge in [0.2, 0.25) is 11.8 Å². The van der Waals surface area contributed by atoms with Gasteiger partial charge < -0.3 is 10.2 Å². The molecule has 4 heteroatoms. The van der Waals surface area contributed by atoms with Crippen LogP contribution < -0.4 is 5.32 Å². The van der Waals surface area contributed by atoms with E-state index >= 15 is 0 Å². The van der Waals surface area contributed by atoms with Gasteiger partial charge in [0.1, 0.15) is 5.41 Å². The van der Waals surface area contributed by atoms with E-state index in [4.69, 9.17) is 0 Å². The Morgan fingerprint density at radius 1 is 1.22 bits per heavy atom. The first-order chi connectivity index (χ1) is 8.56. The van der Waals surface area contributed by atoms with Crippen LogP contribution in [0, 0.1) is 11.3 Å². The minimum absolute atomic E-state index is 0.0416. The van der Waals surface area contributed by atoms with Crippen LogP contribution in [0.1, 0.15) is 46.0 Å². The molecule has 2 amide bonds. The maximum atomic E-state index is 12.3. The summed E-state index contributed by atoms with van der Waals surface area (Å²) in [5, 5.41) is 2.93. The molecule has 18 heavy (non-hydrogen) atoms. The van der Waals surface area contributed by atoms with Crippen LogP contribution in [0.15, 0.2) is 0 Å². The van der Waals surface area contributed by atoms with E-state index in [0.29, 0.717) is 12.5 Å². The van der Waals surface area contributed by atoms with Crippen molar-refractivity contribution in [1.82, 2.24) is 10.2 Å². The van der Waals surface area contributed by atoms with Crippen LogP contribution in [0.2, 0.25) is 0 Å². The lowest BCUT2D eigenvalue weighted by Crippen LogP contribution is -2.44. The highest BCUT2D eigenvalue weighted by atomic mass is 16.2. The average molecular weight is 252 g/mol. The molecule has 2 aliphatic rings. The molecule has 2 fully saturated rings. The molecule has 102 valence electrons. The zero-order valence-corrected chi connectivity index (χ0v) is 11.5. The van der Waals surface area contributed by atoms with Crippen LogP contribution >= 0.6 is 0 Å². The lowest BCUT2D eigenvalue weighted by atomic mass is 10.0. The summed E-state index contributed by atoms with van der Waals surface area (Å²) in [4.78, 5) is 26.4. The van der Waals surface area contributed by atoms with Gasteiger partial charge in [-0.3, -0.25) is 9.59 Å². The molecule has 0 radical (unpaired) electrons. The Morgan fingerprint density at radius 3 is 2.33 bits per heavy atom. The molecule has 1 saturated heterocycles. The van der Waals surface area contributed by atoms with Crippen molar-refractivity contribution in [2.45, 2.75) is 46.0 Å². The first-order valence-corrected chi connectivity index (χ1v) is 7.14. The molecular formula is C14H24N2O2. The normalized spacial score (nSPS) is 21.2. The van der Waals surface area contributed by atoms with Crippen molar-refractivity contribution in [1.29, 1.82) is 0 Å². The summed E-state index contributed by atoms with van der Waals surface area (Å²) < 4.78 is 0. The van der Waals surface area contributed by atoms with Gasteiger partial charge in [-0.15, -0.1) is 0 Å². The highest BCUT2D eigenvalue weighted by Crippen LogP contribution is 2.47. The van der Waals surface area contributed by atoms with E-state index in [1.165, 1.54) is 0 Å². The summed E-state index contributed by atoms with van der Waals surface area (Å²) in [6.45, 7) is 6.62. The van der Waals surface area contributed by atoms with Crippen molar-refractivity contribution < 1.29 is 9.59 Å². The summed E-state index contributed by atoms with van der Waals surface area (Å²) in [6.07, 6.45) is 4.60. The van der Waals surface area contributed by atoms with Gasteiger partial charge in [0, 0.05) is 19.6 Å². The molecule has 1 heterocycles. The van der Waals surface area contributed by atoms with Gasteiger partial charge in [-0.05, 0) is 38.0 Å². The lowest BCUT2D eigenvalue weighted by Gasteiger charge is -2.22. The number of nitrogens with one attached hydrogen (secondary N) is 1. The molecular weight excluding hydrogens is 228 g/mol. The molecule has 1 aliphatic carbocycles. The number of hydrogen-bond acceptors (Lipinski definition) is 2. The van der Waals surface area contributed by atoms with Gasteiger partial charge in [0.25, 0.3) is 0 Å². The first-order valence-electron chi connectivity index (χ1n) is 7.14. The Labute approximate surface area is 109 Å². The van der Waals surface area contributed by atoms with Crippen LogP contribution in [0.5, 0.6) is 0 Å². The van der Waals surface area contributed by atoms with E-state index in [9.17, 15) is 9.59 Å². The molecule has 1 saturated carbocycles. The standard InChI is InChI=1S/C14H24N2O2/c1-11(2)5-8-15-12(17)14(6-7-14)13(18)16-9-3-4-10-16/h11H,3-10H2,1-2H3,(H,15,17). The SMILES string of the molecule is CC(C)CCNC(=O)C1(C(=O)N2CCCC2)CC1. The fourth-order valence-electron chi connectivity index (χ4n) is 2.53. The molecule has 1 N–H and O–H groups in total. The second-order valence-corrected chi connectivity index (χ2v) is 6.02. The van der Waals surface area contributed by atoms with Gasteiger partial charge in [0.15, 0.2) is 0 Å². The zero-order chi connectivity index (χ0) is 13.2. The summed E-state index contributed by atoms with van der Waals surface area (Å²) in [6, 6.07) is 0. The minimum Gasteiger partial charge on any atom is -0.355 e. The lowest BCUT2D eigenvalue weighted by molar-refractivity contribution is -0.143. The maximum Gasteiger partial charge on any atom is 0.238 e. The van der Waals surface area contributed by atoms with Crippen molar-refractivity contribution >= 4 is 11.8 Å². The van der Waals surface area contributed by atoms with E-state index in [1.54, 1.807) is 0 Å². The van der Waals surface area contributed by atoms with Crippen molar-refractivity contribution in [3.05, 3.63) is 0 Å². The predicted molar refractivity (Wildman–Crippen MR) is 69.9 cm³/mol. The maximum absolute atomic E-state index is 12.3. The largest absolute Gasteiger partial charge is 0.355 e. The highest BCUT2D eigenvalue weighted by molar-refractivity contribution is 6.07. The molecule has 0 atom stereocenters. The van der Waals surface area contributed by atoms with E-state index in [2.05, 4.69) is 19.2 Å². The molecule has 4 nitrogen and oxygen atoms in total. The monoisotopic (exact) mass is 252 g/mol. The predicted octanol–water partition coefficient (Wildman–Crippen LogP) is 1.55. The number of likely N-dealkylation sites (tertiary alicyclic amines) is 1. The summed E-state index contributed by atoms with van der Waals surface area (Å²) in [7, 11) is 0. The summed E-state index contributed by atoms with van der Waals surface area (Å²) in [5.41, 5.74) is -0.693. The second kappa shape index (κ2) is 5.29. The number of carbonyl (C=O) groups is 2. The quantitative estimate of drug-likeness (QED) is 0.755. The Morgan fingerprint density at radius 2 is 1.83 bits per heavy atom.